The summed E-state index contributed by atoms with van der Waals surface area (Å²) in [6.07, 6.45) is 2.51. The van der Waals surface area contributed by atoms with E-state index in [9.17, 15) is 14.7 Å². The number of piperidine rings is 1. The Hall–Kier alpha value is -1.30. The predicted octanol–water partition coefficient (Wildman–Crippen LogP) is 0.881. The molecule has 2 amide bonds. The van der Waals surface area contributed by atoms with E-state index in [4.69, 9.17) is 0 Å². The van der Waals surface area contributed by atoms with Crippen LogP contribution in [0.1, 0.15) is 33.1 Å². The number of rotatable bonds is 5. The van der Waals surface area contributed by atoms with Gasteiger partial charge in [-0.1, -0.05) is 13.8 Å². The lowest BCUT2D eigenvalue weighted by Crippen LogP contribution is -2.58. The first-order valence-electron chi connectivity index (χ1n) is 6.82. The number of amides is 2. The first kappa shape index (κ1) is 15.8. The fourth-order valence-electron chi connectivity index (χ4n) is 2.64. The molecular weight excluding hydrogens is 246 g/mol. The van der Waals surface area contributed by atoms with Gasteiger partial charge in [-0.3, -0.25) is 0 Å². The zero-order valence-electron chi connectivity index (χ0n) is 12.0. The molecule has 0 aromatic heterocycles. The van der Waals surface area contributed by atoms with Crippen molar-refractivity contribution < 1.29 is 14.7 Å². The molecule has 1 heterocycles. The highest BCUT2D eigenvalue weighted by Gasteiger charge is 2.44. The van der Waals surface area contributed by atoms with Crippen LogP contribution in [0.4, 0.5) is 4.79 Å². The minimum Gasteiger partial charge on any atom is -0.480 e. The lowest BCUT2D eigenvalue weighted by atomic mass is 9.76. The van der Waals surface area contributed by atoms with Crippen molar-refractivity contribution in [2.75, 3.05) is 26.7 Å². The number of carbonyl (C=O) groups excluding carboxylic acids is 1. The van der Waals surface area contributed by atoms with E-state index in [0.717, 1.165) is 25.8 Å². The third-order valence-corrected chi connectivity index (χ3v) is 3.65. The van der Waals surface area contributed by atoms with Crippen molar-refractivity contribution >= 4 is 12.0 Å². The number of urea groups is 1. The van der Waals surface area contributed by atoms with Gasteiger partial charge in [0.25, 0.3) is 0 Å². The molecule has 19 heavy (non-hydrogen) atoms. The van der Waals surface area contributed by atoms with E-state index in [1.54, 1.807) is 0 Å². The molecule has 0 radical (unpaired) electrons. The van der Waals surface area contributed by atoms with Crippen LogP contribution in [0.15, 0.2) is 0 Å². The monoisotopic (exact) mass is 271 g/mol. The fraction of sp³-hybridized carbons (Fsp3) is 0.846. The summed E-state index contributed by atoms with van der Waals surface area (Å²) >= 11 is 0. The van der Waals surface area contributed by atoms with Crippen molar-refractivity contribution in [3.63, 3.8) is 0 Å². The van der Waals surface area contributed by atoms with Crippen molar-refractivity contribution in [2.24, 2.45) is 5.41 Å². The SMILES string of the molecule is CNCCCNC(=O)N1CCCC(C)(C)C1C(=O)O. The molecule has 3 N–H and O–H groups in total. The number of carbonyl (C=O) groups is 2. The van der Waals surface area contributed by atoms with Gasteiger partial charge in [0.1, 0.15) is 6.04 Å². The van der Waals surface area contributed by atoms with Crippen molar-refractivity contribution in [3.05, 3.63) is 0 Å². The zero-order chi connectivity index (χ0) is 14.5. The van der Waals surface area contributed by atoms with Crippen LogP contribution in [0.2, 0.25) is 0 Å². The third-order valence-electron chi connectivity index (χ3n) is 3.65. The van der Waals surface area contributed by atoms with E-state index in [-0.39, 0.29) is 11.4 Å². The van der Waals surface area contributed by atoms with Gasteiger partial charge in [0.15, 0.2) is 0 Å². The molecule has 1 aliphatic heterocycles. The summed E-state index contributed by atoms with van der Waals surface area (Å²) in [6.45, 7) is 5.72. The molecule has 0 aromatic rings. The summed E-state index contributed by atoms with van der Waals surface area (Å²) < 4.78 is 0. The van der Waals surface area contributed by atoms with Crippen LogP contribution >= 0.6 is 0 Å². The Morgan fingerprint density at radius 3 is 2.63 bits per heavy atom. The molecule has 0 bridgehead atoms. The lowest BCUT2D eigenvalue weighted by Gasteiger charge is -2.43. The van der Waals surface area contributed by atoms with Crippen LogP contribution in [0.25, 0.3) is 0 Å². The molecule has 6 nitrogen and oxygen atoms in total. The largest absolute Gasteiger partial charge is 0.480 e. The normalized spacial score (nSPS) is 22.1. The van der Waals surface area contributed by atoms with Gasteiger partial charge in [0, 0.05) is 13.1 Å². The number of likely N-dealkylation sites (tertiary alicyclic amines) is 1. The minimum absolute atomic E-state index is 0.267. The van der Waals surface area contributed by atoms with Crippen LogP contribution in [0.5, 0.6) is 0 Å². The van der Waals surface area contributed by atoms with Gasteiger partial charge < -0.3 is 20.6 Å². The van der Waals surface area contributed by atoms with Crippen LogP contribution in [0.3, 0.4) is 0 Å². The number of carboxylic acid groups (broad SMARTS) is 1. The summed E-state index contributed by atoms with van der Waals surface area (Å²) in [7, 11) is 1.86. The number of hydrogen-bond acceptors (Lipinski definition) is 3. The average Bonchev–Trinajstić information content (AvgIpc) is 2.32. The molecule has 1 saturated heterocycles. The van der Waals surface area contributed by atoms with Gasteiger partial charge in [-0.2, -0.15) is 0 Å². The number of hydrogen-bond donors (Lipinski definition) is 3. The summed E-state index contributed by atoms with van der Waals surface area (Å²) in [5.74, 6) is -0.921. The Balaban J connectivity index is 2.62. The fourth-order valence-corrected chi connectivity index (χ4v) is 2.64. The van der Waals surface area contributed by atoms with Crippen LogP contribution in [-0.2, 0) is 4.79 Å². The smallest absolute Gasteiger partial charge is 0.327 e. The van der Waals surface area contributed by atoms with E-state index in [2.05, 4.69) is 10.6 Å². The number of carboxylic acids is 1. The van der Waals surface area contributed by atoms with E-state index in [1.165, 1.54) is 4.90 Å². The van der Waals surface area contributed by atoms with E-state index < -0.39 is 12.0 Å². The van der Waals surface area contributed by atoms with Gasteiger partial charge in [0.05, 0.1) is 0 Å². The van der Waals surface area contributed by atoms with Crippen molar-refractivity contribution in [2.45, 2.75) is 39.2 Å². The van der Waals surface area contributed by atoms with Gasteiger partial charge in [0.2, 0.25) is 0 Å². The summed E-state index contributed by atoms with van der Waals surface area (Å²) in [5.41, 5.74) is -0.383. The van der Waals surface area contributed by atoms with E-state index in [1.807, 2.05) is 20.9 Å². The van der Waals surface area contributed by atoms with Gasteiger partial charge in [-0.05, 0) is 38.3 Å². The Kier molecular flexibility index (Phi) is 5.60. The number of nitrogens with one attached hydrogen (secondary N) is 2. The molecular formula is C13H25N3O3. The van der Waals surface area contributed by atoms with Crippen LogP contribution < -0.4 is 10.6 Å². The number of aliphatic carboxylic acids is 1. The maximum atomic E-state index is 12.1. The molecule has 6 heteroatoms. The van der Waals surface area contributed by atoms with Crippen molar-refractivity contribution in [1.82, 2.24) is 15.5 Å². The Labute approximate surface area is 114 Å². The zero-order valence-corrected chi connectivity index (χ0v) is 12.0. The molecule has 1 aliphatic rings. The van der Waals surface area contributed by atoms with E-state index in [0.29, 0.717) is 13.1 Å². The summed E-state index contributed by atoms with van der Waals surface area (Å²) in [6, 6.07) is -1.01. The second kappa shape index (κ2) is 6.75. The molecule has 1 fully saturated rings. The maximum Gasteiger partial charge on any atom is 0.327 e. The topological polar surface area (TPSA) is 81.7 Å². The molecule has 0 saturated carbocycles. The molecule has 0 spiro atoms. The Morgan fingerprint density at radius 1 is 1.37 bits per heavy atom. The molecule has 110 valence electrons. The minimum atomic E-state index is -0.921. The van der Waals surface area contributed by atoms with Gasteiger partial charge in [-0.15, -0.1) is 0 Å². The molecule has 1 unspecified atom stereocenters. The van der Waals surface area contributed by atoms with Crippen LogP contribution in [0, 0.1) is 5.41 Å². The molecule has 0 aromatic carbocycles. The number of nitrogens with zero attached hydrogens (tertiary/aromatic N) is 1. The standard InChI is InChI=1S/C13H25N3O3/c1-13(2)6-4-9-16(10(13)11(17)18)12(19)15-8-5-7-14-3/h10,14H,4-9H2,1-3H3,(H,15,19)(H,17,18). The van der Waals surface area contributed by atoms with Gasteiger partial charge >= 0.3 is 12.0 Å². The molecule has 1 atom stereocenters. The Bertz CT molecular complexity index is 331. The second-order valence-corrected chi connectivity index (χ2v) is 5.72. The highest BCUT2D eigenvalue weighted by atomic mass is 16.4. The highest BCUT2D eigenvalue weighted by Crippen LogP contribution is 2.35. The van der Waals surface area contributed by atoms with E-state index >= 15 is 0 Å². The average molecular weight is 271 g/mol. The highest BCUT2D eigenvalue weighted by molar-refractivity contribution is 5.83. The van der Waals surface area contributed by atoms with Crippen LogP contribution in [-0.4, -0.2) is 54.7 Å². The lowest BCUT2D eigenvalue weighted by molar-refractivity contribution is -0.148. The Morgan fingerprint density at radius 2 is 2.05 bits per heavy atom. The quantitative estimate of drug-likeness (QED) is 0.648. The van der Waals surface area contributed by atoms with Crippen molar-refractivity contribution in [1.29, 1.82) is 0 Å². The molecule has 0 aliphatic carbocycles. The molecule has 1 rings (SSSR count). The predicted molar refractivity (Wildman–Crippen MR) is 73.1 cm³/mol. The second-order valence-electron chi connectivity index (χ2n) is 5.72. The maximum absolute atomic E-state index is 12.1. The summed E-state index contributed by atoms with van der Waals surface area (Å²) in [5, 5.41) is 15.2. The third kappa shape index (κ3) is 4.09. The first-order valence-corrected chi connectivity index (χ1v) is 6.82. The summed E-state index contributed by atoms with van der Waals surface area (Å²) in [4.78, 5) is 25.0. The van der Waals surface area contributed by atoms with Gasteiger partial charge in [-0.25, -0.2) is 9.59 Å². The van der Waals surface area contributed by atoms with Crippen molar-refractivity contribution in [3.8, 4) is 0 Å². The first-order chi connectivity index (χ1) is 8.90.